The van der Waals surface area contributed by atoms with E-state index in [0.717, 1.165) is 11.1 Å². The summed E-state index contributed by atoms with van der Waals surface area (Å²) < 4.78 is 16.0. The third-order valence-corrected chi connectivity index (χ3v) is 4.64. The summed E-state index contributed by atoms with van der Waals surface area (Å²) in [6, 6.07) is 10.6. The molecule has 3 aromatic rings. The van der Waals surface area contributed by atoms with Crippen LogP contribution in [0.5, 0.6) is 11.5 Å². The summed E-state index contributed by atoms with van der Waals surface area (Å²) in [6.45, 7) is 3.77. The first-order valence-electron chi connectivity index (χ1n) is 9.15. The summed E-state index contributed by atoms with van der Waals surface area (Å²) in [5, 5.41) is 3.36. The van der Waals surface area contributed by atoms with Gasteiger partial charge in [-0.3, -0.25) is 9.59 Å². The van der Waals surface area contributed by atoms with Gasteiger partial charge in [-0.25, -0.2) is 0 Å². The van der Waals surface area contributed by atoms with Gasteiger partial charge in [-0.15, -0.1) is 0 Å². The van der Waals surface area contributed by atoms with E-state index < -0.39 is 0 Å². The number of carbonyl (C=O) groups is 1. The number of methoxy groups -OCH3 is 2. The van der Waals surface area contributed by atoms with E-state index in [-0.39, 0.29) is 17.4 Å². The van der Waals surface area contributed by atoms with E-state index in [1.54, 1.807) is 32.4 Å². The normalized spacial score (nSPS) is 12.1. The Kier molecular flexibility index (Phi) is 6.02. The minimum absolute atomic E-state index is 0.174. The molecule has 0 spiro atoms. The van der Waals surface area contributed by atoms with Crippen LogP contribution < -0.4 is 20.2 Å². The van der Waals surface area contributed by atoms with Gasteiger partial charge in [0.25, 0.3) is 0 Å². The molecule has 1 aromatic heterocycles. The molecule has 2 aromatic carbocycles. The highest BCUT2D eigenvalue weighted by atomic mass is 16.5. The minimum Gasteiger partial charge on any atom is -0.493 e. The second kappa shape index (κ2) is 8.65. The Balaban J connectivity index is 1.75. The smallest absolute Gasteiger partial charge is 0.244 e. The van der Waals surface area contributed by atoms with Gasteiger partial charge in [-0.2, -0.15) is 0 Å². The van der Waals surface area contributed by atoms with Crippen LogP contribution in [0.3, 0.4) is 0 Å². The molecular formula is C23H23NO5. The van der Waals surface area contributed by atoms with Crippen molar-refractivity contribution in [2.24, 2.45) is 0 Å². The Morgan fingerprint density at radius 1 is 1.10 bits per heavy atom. The molecule has 6 heteroatoms. The number of hydrogen-bond acceptors (Lipinski definition) is 5. The lowest BCUT2D eigenvalue weighted by molar-refractivity contribution is -0.117. The van der Waals surface area contributed by atoms with Gasteiger partial charge in [0.15, 0.2) is 16.9 Å². The first-order chi connectivity index (χ1) is 13.9. The van der Waals surface area contributed by atoms with Gasteiger partial charge in [-0.1, -0.05) is 17.7 Å². The van der Waals surface area contributed by atoms with E-state index in [0.29, 0.717) is 28.0 Å². The maximum Gasteiger partial charge on any atom is 0.244 e. The summed E-state index contributed by atoms with van der Waals surface area (Å²) in [4.78, 5) is 24.9. The van der Waals surface area contributed by atoms with E-state index >= 15 is 0 Å². The lowest BCUT2D eigenvalue weighted by Gasteiger charge is -2.15. The van der Waals surface area contributed by atoms with Crippen LogP contribution in [0.1, 0.15) is 29.7 Å². The van der Waals surface area contributed by atoms with E-state index in [1.165, 1.54) is 18.4 Å². The molecule has 0 aliphatic rings. The fraction of sp³-hybridized carbons (Fsp3) is 0.217. The quantitative estimate of drug-likeness (QED) is 0.640. The summed E-state index contributed by atoms with van der Waals surface area (Å²) in [5.74, 6) is 0.884. The van der Waals surface area contributed by atoms with Crippen molar-refractivity contribution >= 4 is 23.0 Å². The van der Waals surface area contributed by atoms with Crippen LogP contribution in [0.15, 0.2) is 57.9 Å². The molecule has 1 unspecified atom stereocenters. The predicted octanol–water partition coefficient (Wildman–Crippen LogP) is 4.01. The topological polar surface area (TPSA) is 77.8 Å². The Labute approximate surface area is 168 Å². The van der Waals surface area contributed by atoms with Crippen LogP contribution in [-0.4, -0.2) is 20.1 Å². The number of nitrogens with one attached hydrogen (secondary N) is 1. The molecule has 29 heavy (non-hydrogen) atoms. The molecule has 0 aliphatic heterocycles. The molecule has 0 fully saturated rings. The van der Waals surface area contributed by atoms with Crippen LogP contribution in [0.4, 0.5) is 0 Å². The number of rotatable bonds is 6. The lowest BCUT2D eigenvalue weighted by atomic mass is 10.1. The molecule has 3 rings (SSSR count). The minimum atomic E-state index is -0.323. The standard InChI is InChI=1S/C23H23NO5/c1-14-5-8-19-18(11-14)23(26)17(13-29-19)7-10-22(25)24-15(2)16-6-9-20(27-3)21(12-16)28-4/h5-13,15H,1-4H3,(H,24,25)/b10-7+. The summed E-state index contributed by atoms with van der Waals surface area (Å²) in [7, 11) is 3.13. The van der Waals surface area contributed by atoms with Crippen molar-refractivity contribution in [3.63, 3.8) is 0 Å². The Bertz CT molecular complexity index is 1130. The zero-order valence-electron chi connectivity index (χ0n) is 16.8. The number of amides is 1. The van der Waals surface area contributed by atoms with Crippen molar-refractivity contribution in [2.45, 2.75) is 19.9 Å². The molecule has 1 N–H and O–H groups in total. The number of aryl methyl sites for hydroxylation is 1. The zero-order chi connectivity index (χ0) is 21.0. The van der Waals surface area contributed by atoms with Crippen molar-refractivity contribution in [1.29, 1.82) is 0 Å². The largest absolute Gasteiger partial charge is 0.493 e. The molecule has 0 bridgehead atoms. The monoisotopic (exact) mass is 393 g/mol. The van der Waals surface area contributed by atoms with E-state index in [4.69, 9.17) is 13.9 Å². The molecule has 0 radical (unpaired) electrons. The van der Waals surface area contributed by atoms with Crippen molar-refractivity contribution < 1.29 is 18.7 Å². The van der Waals surface area contributed by atoms with E-state index in [1.807, 2.05) is 32.0 Å². The Morgan fingerprint density at radius 2 is 1.86 bits per heavy atom. The maximum absolute atomic E-state index is 12.6. The lowest BCUT2D eigenvalue weighted by Crippen LogP contribution is -2.24. The Hall–Kier alpha value is -3.54. The molecule has 150 valence electrons. The second-order valence-electron chi connectivity index (χ2n) is 6.70. The third-order valence-electron chi connectivity index (χ3n) is 4.64. The molecule has 0 aliphatic carbocycles. The number of carbonyl (C=O) groups excluding carboxylic acids is 1. The second-order valence-corrected chi connectivity index (χ2v) is 6.70. The van der Waals surface area contributed by atoms with Gasteiger partial charge >= 0.3 is 0 Å². The van der Waals surface area contributed by atoms with Gasteiger partial charge < -0.3 is 19.2 Å². The van der Waals surface area contributed by atoms with Gasteiger partial charge in [0, 0.05) is 6.08 Å². The molecule has 1 heterocycles. The first kappa shape index (κ1) is 20.2. The van der Waals surface area contributed by atoms with Crippen LogP contribution >= 0.6 is 0 Å². The van der Waals surface area contributed by atoms with Crippen molar-refractivity contribution in [2.75, 3.05) is 14.2 Å². The molecular weight excluding hydrogens is 370 g/mol. The number of fused-ring (bicyclic) bond motifs is 1. The number of ether oxygens (including phenoxy) is 2. The van der Waals surface area contributed by atoms with Crippen LogP contribution in [-0.2, 0) is 4.79 Å². The predicted molar refractivity (Wildman–Crippen MR) is 112 cm³/mol. The van der Waals surface area contributed by atoms with Crippen molar-refractivity contribution in [3.05, 3.63) is 75.7 Å². The number of benzene rings is 2. The van der Waals surface area contributed by atoms with Crippen LogP contribution in [0, 0.1) is 6.92 Å². The molecule has 1 amide bonds. The van der Waals surface area contributed by atoms with Crippen molar-refractivity contribution in [3.8, 4) is 11.5 Å². The van der Waals surface area contributed by atoms with Gasteiger partial charge in [-0.05, 0) is 49.8 Å². The number of hydrogen-bond donors (Lipinski definition) is 1. The molecule has 0 saturated carbocycles. The molecule has 6 nitrogen and oxygen atoms in total. The summed E-state index contributed by atoms with van der Waals surface area (Å²) in [5.41, 5.74) is 2.49. The van der Waals surface area contributed by atoms with Crippen molar-refractivity contribution in [1.82, 2.24) is 5.32 Å². The highest BCUT2D eigenvalue weighted by Gasteiger charge is 2.12. The molecule has 1 atom stereocenters. The van der Waals surface area contributed by atoms with E-state index in [2.05, 4.69) is 5.32 Å². The summed E-state index contributed by atoms with van der Waals surface area (Å²) in [6.07, 6.45) is 4.15. The zero-order valence-corrected chi connectivity index (χ0v) is 16.8. The average molecular weight is 393 g/mol. The highest BCUT2D eigenvalue weighted by molar-refractivity contribution is 5.92. The van der Waals surface area contributed by atoms with Crippen LogP contribution in [0.25, 0.3) is 17.0 Å². The third kappa shape index (κ3) is 4.48. The van der Waals surface area contributed by atoms with Crippen LogP contribution in [0.2, 0.25) is 0 Å². The highest BCUT2D eigenvalue weighted by Crippen LogP contribution is 2.29. The summed E-state index contributed by atoms with van der Waals surface area (Å²) >= 11 is 0. The first-order valence-corrected chi connectivity index (χ1v) is 9.15. The Morgan fingerprint density at radius 3 is 2.59 bits per heavy atom. The van der Waals surface area contributed by atoms with Gasteiger partial charge in [0.2, 0.25) is 5.91 Å². The van der Waals surface area contributed by atoms with Gasteiger partial charge in [0.1, 0.15) is 11.8 Å². The SMILES string of the molecule is COc1ccc(C(C)NC(=O)/C=C/c2coc3ccc(C)cc3c2=O)cc1OC. The molecule has 0 saturated heterocycles. The van der Waals surface area contributed by atoms with E-state index in [9.17, 15) is 9.59 Å². The van der Waals surface area contributed by atoms with Gasteiger partial charge in [0.05, 0.1) is 31.2 Å². The average Bonchev–Trinajstić information content (AvgIpc) is 2.73. The fourth-order valence-corrected chi connectivity index (χ4v) is 3.01. The fourth-order valence-electron chi connectivity index (χ4n) is 3.01. The maximum atomic E-state index is 12.6.